The average molecular weight is 319 g/mol. The van der Waals surface area contributed by atoms with Gasteiger partial charge >= 0.3 is 0 Å². The summed E-state index contributed by atoms with van der Waals surface area (Å²) in [6.45, 7) is 2.56. The van der Waals surface area contributed by atoms with Crippen LogP contribution in [0.2, 0.25) is 0 Å². The SMILES string of the molecule is COc1ccc(NC(N)=NCC2CC23CCOCC3)cc1OC. The first-order valence-corrected chi connectivity index (χ1v) is 8.03. The molecular formula is C17H25N3O3. The number of ether oxygens (including phenoxy) is 3. The van der Waals surface area contributed by atoms with Crippen LogP contribution in [0.4, 0.5) is 5.69 Å². The summed E-state index contributed by atoms with van der Waals surface area (Å²) >= 11 is 0. The summed E-state index contributed by atoms with van der Waals surface area (Å²) in [6.07, 6.45) is 3.58. The topological polar surface area (TPSA) is 78.1 Å². The van der Waals surface area contributed by atoms with Crippen molar-refractivity contribution in [2.45, 2.75) is 19.3 Å². The van der Waals surface area contributed by atoms with Gasteiger partial charge in [-0.05, 0) is 42.7 Å². The zero-order valence-electron chi connectivity index (χ0n) is 13.8. The fourth-order valence-electron chi connectivity index (χ4n) is 3.39. The highest BCUT2D eigenvalue weighted by molar-refractivity contribution is 5.92. The molecule has 6 heteroatoms. The first-order chi connectivity index (χ1) is 11.2. The fourth-order valence-corrected chi connectivity index (χ4v) is 3.39. The second-order valence-electron chi connectivity index (χ2n) is 6.30. The molecule has 2 fully saturated rings. The predicted molar refractivity (Wildman–Crippen MR) is 90.3 cm³/mol. The molecular weight excluding hydrogens is 294 g/mol. The number of methoxy groups -OCH3 is 2. The van der Waals surface area contributed by atoms with Crippen molar-refractivity contribution in [3.8, 4) is 11.5 Å². The summed E-state index contributed by atoms with van der Waals surface area (Å²) in [5.74, 6) is 2.44. The van der Waals surface area contributed by atoms with E-state index in [4.69, 9.17) is 19.9 Å². The molecule has 1 atom stereocenters. The number of hydrogen-bond acceptors (Lipinski definition) is 4. The summed E-state index contributed by atoms with van der Waals surface area (Å²) in [6, 6.07) is 5.57. The Hall–Kier alpha value is -1.95. The number of aliphatic imine (C=N–C) groups is 1. The molecule has 6 nitrogen and oxygen atoms in total. The summed E-state index contributed by atoms with van der Waals surface area (Å²) < 4.78 is 16.0. The van der Waals surface area contributed by atoms with Gasteiger partial charge in [0.15, 0.2) is 17.5 Å². The van der Waals surface area contributed by atoms with Crippen LogP contribution in [-0.2, 0) is 4.74 Å². The normalized spacial score (nSPS) is 22.7. The third kappa shape index (κ3) is 3.52. The van der Waals surface area contributed by atoms with Gasteiger partial charge in [-0.25, -0.2) is 0 Å². The van der Waals surface area contributed by atoms with Crippen LogP contribution < -0.4 is 20.5 Å². The van der Waals surface area contributed by atoms with E-state index >= 15 is 0 Å². The van der Waals surface area contributed by atoms with Crippen molar-refractivity contribution in [3.05, 3.63) is 18.2 Å². The monoisotopic (exact) mass is 319 g/mol. The van der Waals surface area contributed by atoms with Gasteiger partial charge in [0.05, 0.1) is 14.2 Å². The molecule has 0 amide bonds. The molecule has 1 aromatic rings. The largest absolute Gasteiger partial charge is 0.493 e. The number of rotatable bonds is 5. The number of anilines is 1. The van der Waals surface area contributed by atoms with Gasteiger partial charge in [0.2, 0.25) is 0 Å². The molecule has 1 aliphatic heterocycles. The van der Waals surface area contributed by atoms with Crippen molar-refractivity contribution in [3.63, 3.8) is 0 Å². The first kappa shape index (κ1) is 15.9. The van der Waals surface area contributed by atoms with Gasteiger partial charge in [-0.1, -0.05) is 0 Å². The second kappa shape index (κ2) is 6.66. The number of guanidine groups is 1. The lowest BCUT2D eigenvalue weighted by Gasteiger charge is -2.22. The van der Waals surface area contributed by atoms with Gasteiger partial charge in [0, 0.05) is 31.5 Å². The van der Waals surface area contributed by atoms with Crippen molar-refractivity contribution in [2.24, 2.45) is 22.1 Å². The molecule has 1 aliphatic carbocycles. The van der Waals surface area contributed by atoms with Crippen LogP contribution in [0.5, 0.6) is 11.5 Å². The van der Waals surface area contributed by atoms with Crippen LogP contribution in [0.15, 0.2) is 23.2 Å². The molecule has 1 saturated carbocycles. The molecule has 3 N–H and O–H groups in total. The van der Waals surface area contributed by atoms with Crippen molar-refractivity contribution in [1.29, 1.82) is 0 Å². The Morgan fingerprint density at radius 3 is 2.74 bits per heavy atom. The molecule has 0 radical (unpaired) electrons. The first-order valence-electron chi connectivity index (χ1n) is 8.03. The van der Waals surface area contributed by atoms with E-state index in [1.165, 1.54) is 6.42 Å². The quantitative estimate of drug-likeness (QED) is 0.643. The number of nitrogens with two attached hydrogens (primary N) is 1. The van der Waals surface area contributed by atoms with E-state index in [1.807, 2.05) is 18.2 Å². The minimum absolute atomic E-state index is 0.436. The van der Waals surface area contributed by atoms with Gasteiger partial charge in [0.1, 0.15) is 0 Å². The van der Waals surface area contributed by atoms with E-state index in [-0.39, 0.29) is 0 Å². The molecule has 2 aliphatic rings. The minimum atomic E-state index is 0.436. The summed E-state index contributed by atoms with van der Waals surface area (Å²) in [7, 11) is 3.22. The highest BCUT2D eigenvalue weighted by Gasteiger charge is 2.53. The smallest absolute Gasteiger partial charge is 0.193 e. The Balaban J connectivity index is 1.55. The minimum Gasteiger partial charge on any atom is -0.493 e. The molecule has 23 heavy (non-hydrogen) atoms. The van der Waals surface area contributed by atoms with Crippen LogP contribution >= 0.6 is 0 Å². The maximum atomic E-state index is 6.00. The maximum Gasteiger partial charge on any atom is 0.193 e. The van der Waals surface area contributed by atoms with Crippen molar-refractivity contribution in [2.75, 3.05) is 39.3 Å². The molecule has 1 heterocycles. The number of nitrogens with zero attached hydrogens (tertiary/aromatic N) is 1. The van der Waals surface area contributed by atoms with E-state index < -0.39 is 0 Å². The molecule has 1 saturated heterocycles. The van der Waals surface area contributed by atoms with E-state index in [9.17, 15) is 0 Å². The Bertz CT molecular complexity index is 582. The van der Waals surface area contributed by atoms with Crippen molar-refractivity contribution >= 4 is 11.6 Å². The summed E-state index contributed by atoms with van der Waals surface area (Å²) in [5, 5.41) is 3.11. The van der Waals surface area contributed by atoms with Gasteiger partial charge in [0.25, 0.3) is 0 Å². The molecule has 0 bridgehead atoms. The number of nitrogens with one attached hydrogen (secondary N) is 1. The van der Waals surface area contributed by atoms with Crippen LogP contribution in [0, 0.1) is 11.3 Å². The van der Waals surface area contributed by atoms with Gasteiger partial charge in [-0.3, -0.25) is 4.99 Å². The zero-order valence-corrected chi connectivity index (χ0v) is 13.8. The maximum absolute atomic E-state index is 6.00. The van der Waals surface area contributed by atoms with E-state index in [0.717, 1.165) is 38.3 Å². The van der Waals surface area contributed by atoms with Crippen LogP contribution in [-0.4, -0.2) is 39.9 Å². The Labute approximate surface area is 137 Å². The van der Waals surface area contributed by atoms with Crippen molar-refractivity contribution < 1.29 is 14.2 Å². The third-order valence-corrected chi connectivity index (χ3v) is 4.99. The van der Waals surface area contributed by atoms with E-state index in [1.54, 1.807) is 14.2 Å². The lowest BCUT2D eigenvalue weighted by atomic mass is 9.94. The molecule has 1 spiro atoms. The zero-order chi connectivity index (χ0) is 16.3. The molecule has 0 aromatic heterocycles. The number of benzene rings is 1. The summed E-state index contributed by atoms with van der Waals surface area (Å²) in [4.78, 5) is 4.50. The lowest BCUT2D eigenvalue weighted by Crippen LogP contribution is -2.24. The summed E-state index contributed by atoms with van der Waals surface area (Å²) in [5.41, 5.74) is 7.32. The molecule has 126 valence electrons. The van der Waals surface area contributed by atoms with Crippen LogP contribution in [0.3, 0.4) is 0 Å². The predicted octanol–water partition coefficient (Wildman–Crippen LogP) is 2.25. The van der Waals surface area contributed by atoms with Gasteiger partial charge in [-0.2, -0.15) is 0 Å². The molecule has 1 unspecified atom stereocenters. The van der Waals surface area contributed by atoms with E-state index in [0.29, 0.717) is 28.8 Å². The third-order valence-electron chi connectivity index (χ3n) is 4.99. The molecule has 3 rings (SSSR count). The Kier molecular flexibility index (Phi) is 4.61. The van der Waals surface area contributed by atoms with E-state index in [2.05, 4.69) is 10.3 Å². The highest BCUT2D eigenvalue weighted by Crippen LogP contribution is 2.59. The average Bonchev–Trinajstić information content (AvgIpc) is 3.25. The van der Waals surface area contributed by atoms with Crippen LogP contribution in [0.25, 0.3) is 0 Å². The lowest BCUT2D eigenvalue weighted by molar-refractivity contribution is 0.0525. The highest BCUT2D eigenvalue weighted by atomic mass is 16.5. The van der Waals surface area contributed by atoms with Crippen molar-refractivity contribution in [1.82, 2.24) is 0 Å². The van der Waals surface area contributed by atoms with Gasteiger partial charge < -0.3 is 25.3 Å². The fraction of sp³-hybridized carbons (Fsp3) is 0.588. The number of hydrogen-bond donors (Lipinski definition) is 2. The molecule has 1 aromatic carbocycles. The standard InChI is InChI=1S/C17H25N3O3/c1-21-14-4-3-13(9-15(14)22-2)20-16(18)19-11-12-10-17(12)5-7-23-8-6-17/h3-4,9,12H,5-8,10-11H2,1-2H3,(H3,18,19,20). The van der Waals surface area contributed by atoms with Crippen LogP contribution in [0.1, 0.15) is 19.3 Å². The van der Waals surface area contributed by atoms with Gasteiger partial charge in [-0.15, -0.1) is 0 Å². The Morgan fingerprint density at radius 1 is 1.30 bits per heavy atom. The second-order valence-corrected chi connectivity index (χ2v) is 6.30. The Morgan fingerprint density at radius 2 is 2.04 bits per heavy atom.